The summed E-state index contributed by atoms with van der Waals surface area (Å²) in [5.41, 5.74) is 0. The summed E-state index contributed by atoms with van der Waals surface area (Å²) in [6.07, 6.45) is 2.68. The van der Waals surface area contributed by atoms with Crippen molar-refractivity contribution in [3.63, 3.8) is 0 Å². The molecule has 0 amide bonds. The lowest BCUT2D eigenvalue weighted by Gasteiger charge is -2.16. The van der Waals surface area contributed by atoms with Crippen LogP contribution in [0.15, 0.2) is 23.4 Å². The topological polar surface area (TPSA) is 71.5 Å². The van der Waals surface area contributed by atoms with Crippen molar-refractivity contribution in [3.8, 4) is 0 Å². The van der Waals surface area contributed by atoms with Crippen LogP contribution in [-0.2, 0) is 14.8 Å². The molecule has 0 saturated carbocycles. The molecule has 19 heavy (non-hydrogen) atoms. The zero-order valence-electron chi connectivity index (χ0n) is 11.0. The number of ether oxygens (including phenoxy) is 1. The zero-order chi connectivity index (χ0) is 14.3. The Morgan fingerprint density at radius 2 is 2.21 bits per heavy atom. The van der Waals surface area contributed by atoms with E-state index in [1.54, 1.807) is 7.11 Å². The smallest absolute Gasteiger partial charge is 0.243 e. The number of methoxy groups -OCH3 is 1. The third-order valence-electron chi connectivity index (χ3n) is 2.49. The van der Waals surface area contributed by atoms with E-state index in [1.807, 2.05) is 11.9 Å². The first-order valence-electron chi connectivity index (χ1n) is 5.74. The van der Waals surface area contributed by atoms with Crippen molar-refractivity contribution in [2.75, 3.05) is 40.4 Å². The summed E-state index contributed by atoms with van der Waals surface area (Å²) >= 11 is 5.83. The van der Waals surface area contributed by atoms with E-state index >= 15 is 0 Å². The van der Waals surface area contributed by atoms with Crippen molar-refractivity contribution in [2.45, 2.75) is 4.90 Å². The highest BCUT2D eigenvalue weighted by Gasteiger charge is 2.17. The van der Waals surface area contributed by atoms with Crippen molar-refractivity contribution in [1.29, 1.82) is 0 Å². The van der Waals surface area contributed by atoms with Crippen molar-refractivity contribution >= 4 is 21.6 Å². The molecule has 0 aliphatic heterocycles. The second-order valence-corrected chi connectivity index (χ2v) is 6.14. The molecule has 0 unspecified atom stereocenters. The summed E-state index contributed by atoms with van der Waals surface area (Å²) in [6.45, 7) is 2.23. The van der Waals surface area contributed by atoms with Crippen LogP contribution in [0.3, 0.4) is 0 Å². The molecule has 1 N–H and O–H groups in total. The van der Waals surface area contributed by atoms with Crippen molar-refractivity contribution in [1.82, 2.24) is 14.6 Å². The average Bonchev–Trinajstić information content (AvgIpc) is 2.36. The summed E-state index contributed by atoms with van der Waals surface area (Å²) in [6, 6.07) is 1.45. The molecule has 1 heterocycles. The molecule has 6 nitrogen and oxygen atoms in total. The first-order valence-corrected chi connectivity index (χ1v) is 7.60. The summed E-state index contributed by atoms with van der Waals surface area (Å²) in [7, 11) is -0.0903. The molecule has 108 valence electrons. The van der Waals surface area contributed by atoms with Gasteiger partial charge in [0.2, 0.25) is 10.0 Å². The largest absolute Gasteiger partial charge is 0.383 e. The minimum atomic E-state index is -3.61. The number of aromatic nitrogens is 1. The normalized spacial score (nSPS) is 12.0. The number of nitrogens with one attached hydrogen (secondary N) is 1. The van der Waals surface area contributed by atoms with Crippen molar-refractivity contribution < 1.29 is 13.2 Å². The fourth-order valence-corrected chi connectivity index (χ4v) is 2.82. The molecule has 0 aromatic carbocycles. The second-order valence-electron chi connectivity index (χ2n) is 4.00. The van der Waals surface area contributed by atoms with Gasteiger partial charge in [-0.3, -0.25) is 4.98 Å². The molecule has 0 aliphatic rings. The predicted molar refractivity (Wildman–Crippen MR) is 73.8 cm³/mol. The first-order chi connectivity index (χ1) is 8.97. The van der Waals surface area contributed by atoms with E-state index in [4.69, 9.17) is 16.3 Å². The Hall–Kier alpha value is -0.730. The van der Waals surface area contributed by atoms with Gasteiger partial charge >= 0.3 is 0 Å². The number of pyridine rings is 1. The fourth-order valence-electron chi connectivity index (χ4n) is 1.37. The third-order valence-corrected chi connectivity index (χ3v) is 4.42. The summed E-state index contributed by atoms with van der Waals surface area (Å²) in [5.74, 6) is 0. The summed E-state index contributed by atoms with van der Waals surface area (Å²) in [4.78, 5) is 5.73. The predicted octanol–water partition coefficient (Wildman–Crippen LogP) is 0.592. The Balaban J connectivity index is 2.51. The average molecular weight is 308 g/mol. The molecule has 0 bridgehead atoms. The summed E-state index contributed by atoms with van der Waals surface area (Å²) < 4.78 is 31.4. The summed E-state index contributed by atoms with van der Waals surface area (Å²) in [5, 5.41) is 0.162. The Kier molecular flexibility index (Phi) is 6.67. The van der Waals surface area contributed by atoms with E-state index in [1.165, 1.54) is 18.5 Å². The highest BCUT2D eigenvalue weighted by molar-refractivity contribution is 7.89. The highest BCUT2D eigenvalue weighted by Crippen LogP contribution is 2.18. The standard InChI is InChI=1S/C11H18ClN3O3S/c1-15(7-8-18-2)6-5-14-19(16,17)11-9-13-4-3-10(11)12/h3-4,9,14H,5-8H2,1-2H3. The van der Waals surface area contributed by atoms with Gasteiger partial charge in [0.05, 0.1) is 11.6 Å². The maximum Gasteiger partial charge on any atom is 0.243 e. The fraction of sp³-hybridized carbons (Fsp3) is 0.545. The van der Waals surface area contributed by atoms with Gasteiger partial charge in [0.15, 0.2) is 0 Å². The van der Waals surface area contributed by atoms with Gasteiger partial charge < -0.3 is 9.64 Å². The second kappa shape index (κ2) is 7.76. The van der Waals surface area contributed by atoms with Gasteiger partial charge in [0.25, 0.3) is 0 Å². The molecular weight excluding hydrogens is 290 g/mol. The molecule has 1 aromatic rings. The Morgan fingerprint density at radius 3 is 2.84 bits per heavy atom. The van der Waals surface area contributed by atoms with E-state index in [9.17, 15) is 8.42 Å². The maximum absolute atomic E-state index is 12.0. The van der Waals surface area contributed by atoms with Crippen LogP contribution >= 0.6 is 11.6 Å². The molecule has 0 aliphatic carbocycles. The number of hydrogen-bond acceptors (Lipinski definition) is 5. The van der Waals surface area contributed by atoms with E-state index in [-0.39, 0.29) is 9.92 Å². The van der Waals surface area contributed by atoms with Gasteiger partial charge in [-0.05, 0) is 13.1 Å². The molecule has 0 atom stereocenters. The number of halogens is 1. The highest BCUT2D eigenvalue weighted by atomic mass is 35.5. The Morgan fingerprint density at radius 1 is 1.47 bits per heavy atom. The molecule has 0 spiro atoms. The third kappa shape index (κ3) is 5.42. The molecule has 8 heteroatoms. The molecule has 0 fully saturated rings. The Bertz CT molecular complexity index is 496. The lowest BCUT2D eigenvalue weighted by atomic mass is 10.5. The van der Waals surface area contributed by atoms with Crippen LogP contribution < -0.4 is 4.72 Å². The van der Waals surface area contributed by atoms with Crippen LogP contribution in [0.1, 0.15) is 0 Å². The van der Waals surface area contributed by atoms with Gasteiger partial charge in [-0.15, -0.1) is 0 Å². The number of nitrogens with zero attached hydrogens (tertiary/aromatic N) is 2. The number of likely N-dealkylation sites (N-methyl/N-ethyl adjacent to an activating group) is 1. The van der Waals surface area contributed by atoms with E-state index in [2.05, 4.69) is 9.71 Å². The number of sulfonamides is 1. The first kappa shape index (κ1) is 16.3. The van der Waals surface area contributed by atoms with Crippen molar-refractivity contribution in [3.05, 3.63) is 23.5 Å². The van der Waals surface area contributed by atoms with Crippen LogP contribution in [0.4, 0.5) is 0 Å². The van der Waals surface area contributed by atoms with Gasteiger partial charge in [-0.25, -0.2) is 13.1 Å². The van der Waals surface area contributed by atoms with E-state index in [0.29, 0.717) is 19.7 Å². The van der Waals surface area contributed by atoms with Gasteiger partial charge in [0.1, 0.15) is 4.90 Å². The van der Waals surface area contributed by atoms with Crippen LogP contribution in [0.25, 0.3) is 0 Å². The SMILES string of the molecule is COCCN(C)CCNS(=O)(=O)c1cnccc1Cl. The van der Waals surface area contributed by atoms with Gasteiger partial charge in [0, 0.05) is 39.1 Å². The van der Waals surface area contributed by atoms with Crippen LogP contribution in [0.2, 0.25) is 5.02 Å². The molecule has 1 aromatic heterocycles. The van der Waals surface area contributed by atoms with E-state index in [0.717, 1.165) is 6.54 Å². The molecule has 0 saturated heterocycles. The van der Waals surface area contributed by atoms with Gasteiger partial charge in [-0.2, -0.15) is 0 Å². The quantitative estimate of drug-likeness (QED) is 0.761. The zero-order valence-corrected chi connectivity index (χ0v) is 12.5. The van der Waals surface area contributed by atoms with Gasteiger partial charge in [-0.1, -0.05) is 11.6 Å². The molecule has 1 rings (SSSR count). The lowest BCUT2D eigenvalue weighted by molar-refractivity contribution is 0.162. The maximum atomic E-state index is 12.0. The number of rotatable bonds is 8. The molecular formula is C11H18ClN3O3S. The minimum absolute atomic E-state index is 0.00351. The van der Waals surface area contributed by atoms with Crippen molar-refractivity contribution in [2.24, 2.45) is 0 Å². The lowest BCUT2D eigenvalue weighted by Crippen LogP contribution is -2.34. The number of hydrogen-bond donors (Lipinski definition) is 1. The monoisotopic (exact) mass is 307 g/mol. The van der Waals surface area contributed by atoms with E-state index < -0.39 is 10.0 Å². The van der Waals surface area contributed by atoms with Crippen LogP contribution in [0, 0.1) is 0 Å². The Labute approximate surface area is 118 Å². The van der Waals surface area contributed by atoms with Crippen LogP contribution in [0.5, 0.6) is 0 Å². The molecule has 0 radical (unpaired) electrons. The minimum Gasteiger partial charge on any atom is -0.383 e. The van der Waals surface area contributed by atoms with Crippen LogP contribution in [-0.4, -0.2) is 58.7 Å².